The number of anilines is 4. The maximum absolute atomic E-state index is 13.8. The van der Waals surface area contributed by atoms with Gasteiger partial charge in [0.2, 0.25) is 23.6 Å². The number of methoxy groups -OCH3 is 1. The smallest absolute Gasteiger partial charge is 0.247 e. The molecule has 0 spiro atoms. The third-order valence-electron chi connectivity index (χ3n) is 7.75. The lowest BCUT2D eigenvalue weighted by atomic mass is 9.85. The van der Waals surface area contributed by atoms with Crippen molar-refractivity contribution >= 4 is 57.4 Å². The molecule has 4 rings (SSSR count). The summed E-state index contributed by atoms with van der Waals surface area (Å²) in [7, 11) is 3.18. The molecule has 3 atom stereocenters. The van der Waals surface area contributed by atoms with Crippen LogP contribution < -0.4 is 31.3 Å². The fourth-order valence-corrected chi connectivity index (χ4v) is 5.16. The molecule has 0 radical (unpaired) electrons. The number of aromatic nitrogens is 2. The lowest BCUT2D eigenvalue weighted by Gasteiger charge is -2.36. The van der Waals surface area contributed by atoms with E-state index in [-0.39, 0.29) is 23.6 Å². The van der Waals surface area contributed by atoms with E-state index in [1.54, 1.807) is 43.1 Å². The van der Waals surface area contributed by atoms with Gasteiger partial charge in [-0.05, 0) is 62.6 Å². The van der Waals surface area contributed by atoms with Crippen molar-refractivity contribution in [1.82, 2.24) is 25.5 Å². The molecule has 45 heavy (non-hydrogen) atoms. The molecule has 1 aliphatic heterocycles. The van der Waals surface area contributed by atoms with Crippen molar-refractivity contribution < 1.29 is 23.9 Å². The third kappa shape index (κ3) is 7.85. The lowest BCUT2D eigenvalue weighted by Crippen LogP contribution is -2.59. The predicted octanol–water partition coefficient (Wildman–Crippen LogP) is 3.41. The first-order valence-electron chi connectivity index (χ1n) is 14.9. The maximum Gasteiger partial charge on any atom is 0.247 e. The average Bonchev–Trinajstić information content (AvgIpc) is 3.49. The highest BCUT2D eigenvalue weighted by Gasteiger charge is 2.42. The van der Waals surface area contributed by atoms with Gasteiger partial charge in [0.05, 0.1) is 24.4 Å². The number of nitrogens with zero attached hydrogens (tertiary/aromatic N) is 3. The molecule has 2 aromatic carbocycles. The molecular formula is C32H42N8O5. The molecule has 1 aromatic heterocycles. The number of benzene rings is 2. The molecule has 0 saturated carbocycles. The minimum absolute atomic E-state index is 0.161. The van der Waals surface area contributed by atoms with E-state index in [9.17, 15) is 19.2 Å². The minimum atomic E-state index is -0.817. The Morgan fingerprint density at radius 3 is 2.33 bits per heavy atom. The van der Waals surface area contributed by atoms with Crippen LogP contribution in [0.3, 0.4) is 0 Å². The van der Waals surface area contributed by atoms with E-state index in [1.807, 2.05) is 32.9 Å². The Hall–Kier alpha value is -4.78. The number of hydrogen-bond donors (Lipinski definition) is 5. The molecule has 13 heteroatoms. The van der Waals surface area contributed by atoms with Gasteiger partial charge in [0, 0.05) is 36.3 Å². The van der Waals surface area contributed by atoms with Crippen LogP contribution >= 0.6 is 0 Å². The normalized spacial score (nSPS) is 16.1. The van der Waals surface area contributed by atoms with E-state index in [2.05, 4.69) is 36.6 Å². The number of amides is 4. The van der Waals surface area contributed by atoms with Crippen LogP contribution in [0, 0.1) is 5.41 Å². The van der Waals surface area contributed by atoms with Gasteiger partial charge in [-0.2, -0.15) is 0 Å². The number of hydrogen-bond acceptors (Lipinski definition) is 9. The third-order valence-corrected chi connectivity index (χ3v) is 7.75. The van der Waals surface area contributed by atoms with Crippen LogP contribution in [0.4, 0.5) is 22.9 Å². The topological polar surface area (TPSA) is 167 Å². The van der Waals surface area contributed by atoms with Gasteiger partial charge in [-0.15, -0.1) is 0 Å². The van der Waals surface area contributed by atoms with Gasteiger partial charge in [-0.3, -0.25) is 19.2 Å². The van der Waals surface area contributed by atoms with E-state index in [0.29, 0.717) is 53.2 Å². The Morgan fingerprint density at radius 2 is 1.71 bits per heavy atom. The first-order valence-corrected chi connectivity index (χ1v) is 14.9. The van der Waals surface area contributed by atoms with E-state index in [0.717, 1.165) is 5.69 Å². The molecule has 3 aromatic rings. The average molecular weight is 619 g/mol. The fraction of sp³-hybridized carbons (Fsp3) is 0.438. The summed E-state index contributed by atoms with van der Waals surface area (Å²) >= 11 is 0. The van der Waals surface area contributed by atoms with Crippen molar-refractivity contribution in [1.29, 1.82) is 0 Å². The number of carbonyl (C=O) groups is 4. The molecular weight excluding hydrogens is 576 g/mol. The molecule has 1 unspecified atom stereocenters. The summed E-state index contributed by atoms with van der Waals surface area (Å²) in [6.07, 6.45) is 2.56. The van der Waals surface area contributed by atoms with Gasteiger partial charge in [0.25, 0.3) is 0 Å². The van der Waals surface area contributed by atoms with E-state index in [4.69, 9.17) is 4.74 Å². The van der Waals surface area contributed by atoms with Crippen molar-refractivity contribution in [2.24, 2.45) is 5.41 Å². The SMILES string of the molecule is CN[C@@H](C)C(=O)N[C@H](C(=O)N1CCCC1C(=O)Nc1cc2c(Nc3ccc(NC(C)=O)cc3)ncnc2cc1OC)C(C)(C)C. The Bertz CT molecular complexity index is 1570. The van der Waals surface area contributed by atoms with Crippen LogP contribution in [0.15, 0.2) is 42.7 Å². The minimum Gasteiger partial charge on any atom is -0.494 e. The van der Waals surface area contributed by atoms with Crippen LogP contribution in [0.25, 0.3) is 10.9 Å². The Labute approximate surface area is 262 Å². The zero-order valence-corrected chi connectivity index (χ0v) is 26.8. The second kappa shape index (κ2) is 13.9. The number of nitrogens with one attached hydrogen (secondary N) is 5. The maximum atomic E-state index is 13.8. The predicted molar refractivity (Wildman–Crippen MR) is 173 cm³/mol. The summed E-state index contributed by atoms with van der Waals surface area (Å²) in [5, 5.41) is 15.4. The van der Waals surface area contributed by atoms with Crippen molar-refractivity contribution in [3.05, 3.63) is 42.7 Å². The molecule has 0 bridgehead atoms. The molecule has 240 valence electrons. The molecule has 13 nitrogen and oxygen atoms in total. The highest BCUT2D eigenvalue weighted by atomic mass is 16.5. The van der Waals surface area contributed by atoms with E-state index in [1.165, 1.54) is 20.4 Å². The van der Waals surface area contributed by atoms with Crippen LogP contribution in [0.5, 0.6) is 5.75 Å². The second-order valence-electron chi connectivity index (χ2n) is 12.2. The standard InChI is InChI=1S/C32H42N8O5/c1-18(33-6)29(42)39-27(32(3,4)5)31(44)40-14-8-9-25(40)30(43)38-24-15-22-23(16-26(24)45-7)34-17-35-28(22)37-21-12-10-20(11-13-21)36-19(2)41/h10-13,15-18,25,27,33H,8-9,14H2,1-7H3,(H,36,41)(H,38,43)(H,39,42)(H,34,35,37)/t18-,25?,27+/m0/s1. The van der Waals surface area contributed by atoms with Crippen molar-refractivity contribution in [2.45, 2.75) is 65.6 Å². The van der Waals surface area contributed by atoms with Gasteiger partial charge < -0.3 is 36.2 Å². The molecule has 1 fully saturated rings. The fourth-order valence-electron chi connectivity index (χ4n) is 5.16. The van der Waals surface area contributed by atoms with Gasteiger partial charge in [0.15, 0.2) is 0 Å². The monoisotopic (exact) mass is 618 g/mol. The Balaban J connectivity index is 1.58. The number of likely N-dealkylation sites (tertiary alicyclic amines) is 1. The zero-order valence-electron chi connectivity index (χ0n) is 26.8. The quantitative estimate of drug-likeness (QED) is 0.229. The Morgan fingerprint density at radius 1 is 1.02 bits per heavy atom. The molecule has 4 amide bonds. The van der Waals surface area contributed by atoms with Crippen molar-refractivity contribution in [3.8, 4) is 5.75 Å². The Kier molecular flexibility index (Phi) is 10.2. The molecule has 5 N–H and O–H groups in total. The van der Waals surface area contributed by atoms with Crippen LogP contribution in [-0.2, 0) is 19.2 Å². The van der Waals surface area contributed by atoms with Crippen molar-refractivity contribution in [2.75, 3.05) is 36.7 Å². The summed E-state index contributed by atoms with van der Waals surface area (Å²) in [6.45, 7) is 9.22. The number of carbonyl (C=O) groups excluding carboxylic acids is 4. The highest BCUT2D eigenvalue weighted by molar-refractivity contribution is 6.03. The van der Waals surface area contributed by atoms with Crippen LogP contribution in [-0.4, -0.2) is 77.3 Å². The number of likely N-dealkylation sites (N-methyl/N-ethyl adjacent to an activating group) is 1. The number of rotatable bonds is 10. The zero-order chi connectivity index (χ0) is 32.9. The number of fused-ring (bicyclic) bond motifs is 1. The van der Waals surface area contributed by atoms with E-state index >= 15 is 0 Å². The largest absolute Gasteiger partial charge is 0.494 e. The van der Waals surface area contributed by atoms with Gasteiger partial charge >= 0.3 is 0 Å². The molecule has 1 saturated heterocycles. The summed E-state index contributed by atoms with van der Waals surface area (Å²) in [5.41, 5.74) is 1.80. The lowest BCUT2D eigenvalue weighted by molar-refractivity contribution is -0.143. The van der Waals surface area contributed by atoms with Gasteiger partial charge in [0.1, 0.15) is 30.0 Å². The summed E-state index contributed by atoms with van der Waals surface area (Å²) in [6, 6.07) is 8.58. The summed E-state index contributed by atoms with van der Waals surface area (Å²) < 4.78 is 5.59. The van der Waals surface area contributed by atoms with Gasteiger partial charge in [-0.25, -0.2) is 9.97 Å². The second-order valence-corrected chi connectivity index (χ2v) is 12.2. The van der Waals surface area contributed by atoms with Crippen molar-refractivity contribution in [3.63, 3.8) is 0 Å². The van der Waals surface area contributed by atoms with Crippen LogP contribution in [0.1, 0.15) is 47.5 Å². The number of ether oxygens (including phenoxy) is 1. The first kappa shape index (κ1) is 33.1. The molecule has 0 aliphatic carbocycles. The molecule has 2 heterocycles. The summed E-state index contributed by atoms with van der Waals surface area (Å²) in [5.74, 6) is -0.208. The van der Waals surface area contributed by atoms with Gasteiger partial charge in [-0.1, -0.05) is 20.8 Å². The van der Waals surface area contributed by atoms with E-state index < -0.39 is 23.5 Å². The van der Waals surface area contributed by atoms with Crippen LogP contribution in [0.2, 0.25) is 0 Å². The highest BCUT2D eigenvalue weighted by Crippen LogP contribution is 2.34. The molecule has 1 aliphatic rings. The first-order chi connectivity index (χ1) is 21.3. The summed E-state index contributed by atoms with van der Waals surface area (Å²) in [4.78, 5) is 62.0.